The second-order valence-corrected chi connectivity index (χ2v) is 12.6. The van der Waals surface area contributed by atoms with Crippen LogP contribution in [0.1, 0.15) is 68.1 Å². The van der Waals surface area contributed by atoms with Gasteiger partial charge in [0.15, 0.2) is 23.1 Å². The lowest BCUT2D eigenvalue weighted by Gasteiger charge is -2.44. The predicted octanol–water partition coefficient (Wildman–Crippen LogP) is 9.28. The summed E-state index contributed by atoms with van der Waals surface area (Å²) in [5.41, 5.74) is 6.28. The molecule has 0 bridgehead atoms. The molecule has 3 aromatic rings. The van der Waals surface area contributed by atoms with Gasteiger partial charge in [0.2, 0.25) is 0 Å². The number of allylic oxidation sites excluding steroid dienone is 4. The molecule has 0 spiro atoms. The molecule has 1 aliphatic heterocycles. The number of rotatable bonds is 9. The van der Waals surface area contributed by atoms with Crippen molar-refractivity contribution in [1.82, 2.24) is 4.90 Å². The molecule has 0 N–H and O–H groups in total. The quantitative estimate of drug-likeness (QED) is 0.231. The van der Waals surface area contributed by atoms with Gasteiger partial charge in [-0.15, -0.1) is 0 Å². The van der Waals surface area contributed by atoms with E-state index in [0.717, 1.165) is 72.3 Å². The van der Waals surface area contributed by atoms with Crippen LogP contribution in [-0.2, 0) is 22.6 Å². The minimum Gasteiger partial charge on any atom is -0.490 e. The molecule has 228 valence electrons. The van der Waals surface area contributed by atoms with E-state index in [2.05, 4.69) is 17.0 Å². The lowest BCUT2D eigenvalue weighted by atomic mass is 9.71. The summed E-state index contributed by atoms with van der Waals surface area (Å²) in [7, 11) is 0. The molecule has 0 unspecified atom stereocenters. The summed E-state index contributed by atoms with van der Waals surface area (Å²) in [6, 6.07) is 19.3. The Balaban J connectivity index is 1.41. The largest absolute Gasteiger partial charge is 0.490 e. The molecule has 0 saturated heterocycles. The Morgan fingerprint density at radius 1 is 0.795 bits per heavy atom. The van der Waals surface area contributed by atoms with Crippen LogP contribution in [0, 0.1) is 0 Å². The third-order valence-electron chi connectivity index (χ3n) is 8.61. The Morgan fingerprint density at radius 3 is 2.11 bits per heavy atom. The summed E-state index contributed by atoms with van der Waals surface area (Å²) in [5, 5.41) is 1.38. The van der Waals surface area contributed by atoms with E-state index in [1.807, 2.05) is 43.3 Å². The summed E-state index contributed by atoms with van der Waals surface area (Å²) in [5.74, 6) is 0.541. The molecule has 2 aliphatic carbocycles. The summed E-state index contributed by atoms with van der Waals surface area (Å²) >= 11 is 19.4. The normalized spacial score (nSPS) is 17.1. The van der Waals surface area contributed by atoms with Crippen LogP contribution in [-0.4, -0.2) is 29.6 Å². The number of halogens is 3. The third-order valence-corrected chi connectivity index (χ3v) is 9.47. The Kier molecular flexibility index (Phi) is 9.37. The predicted molar refractivity (Wildman–Crippen MR) is 175 cm³/mol. The fourth-order valence-corrected chi connectivity index (χ4v) is 7.39. The molecule has 0 radical (unpaired) electrons. The van der Waals surface area contributed by atoms with Crippen molar-refractivity contribution in [3.05, 3.63) is 115 Å². The van der Waals surface area contributed by atoms with E-state index >= 15 is 0 Å². The number of ether oxygens (including phenoxy) is 2. The standard InChI is InChI=1S/C36H34Cl3NO4/c1-2-43-32-19-24(18-27(39)36(32)44-21-23-14-15-25(37)20-26(23)38)33-34-28(10-6-12-30(34)41)40(17-16-22-8-4-3-5-9-22)29-11-7-13-31(42)35(29)33/h3-5,8-9,14-15,18-20,33H,2,6-7,10-13,16-17,21H2,1H3. The average Bonchev–Trinajstić information content (AvgIpc) is 3.01. The lowest BCUT2D eigenvalue weighted by Crippen LogP contribution is -2.40. The van der Waals surface area contributed by atoms with Crippen LogP contribution in [0.3, 0.4) is 0 Å². The number of benzene rings is 3. The van der Waals surface area contributed by atoms with E-state index < -0.39 is 5.92 Å². The van der Waals surface area contributed by atoms with Crippen LogP contribution in [0.15, 0.2) is 83.2 Å². The molecule has 5 nitrogen and oxygen atoms in total. The SMILES string of the molecule is CCOc1cc(C2C3=C(CCCC3=O)N(CCc3ccccc3)C3=C2C(=O)CCC3)cc(Cl)c1OCc1ccc(Cl)cc1Cl. The molecule has 8 heteroatoms. The van der Waals surface area contributed by atoms with Gasteiger partial charge in [-0.2, -0.15) is 0 Å². The van der Waals surface area contributed by atoms with Crippen molar-refractivity contribution in [1.29, 1.82) is 0 Å². The summed E-state index contributed by atoms with van der Waals surface area (Å²) in [4.78, 5) is 29.8. The van der Waals surface area contributed by atoms with Crippen molar-refractivity contribution in [3.8, 4) is 11.5 Å². The molecule has 0 aromatic heterocycles. The summed E-state index contributed by atoms with van der Waals surface area (Å²) < 4.78 is 12.2. The molecule has 3 aromatic carbocycles. The van der Waals surface area contributed by atoms with Gasteiger partial charge in [-0.05, 0) is 74.4 Å². The maximum absolute atomic E-state index is 13.8. The first kappa shape index (κ1) is 30.8. The van der Waals surface area contributed by atoms with Crippen LogP contribution >= 0.6 is 34.8 Å². The van der Waals surface area contributed by atoms with Gasteiger partial charge < -0.3 is 14.4 Å². The molecule has 6 rings (SSSR count). The highest BCUT2D eigenvalue weighted by molar-refractivity contribution is 6.35. The highest BCUT2D eigenvalue weighted by atomic mass is 35.5. The van der Waals surface area contributed by atoms with Crippen LogP contribution < -0.4 is 9.47 Å². The number of Topliss-reactive ketones (excluding diaryl/α,β-unsaturated/α-hetero) is 2. The van der Waals surface area contributed by atoms with Gasteiger partial charge in [0.1, 0.15) is 6.61 Å². The molecule has 3 aliphatic rings. The number of ketones is 2. The zero-order valence-corrected chi connectivity index (χ0v) is 26.9. The van der Waals surface area contributed by atoms with E-state index in [-0.39, 0.29) is 18.2 Å². The number of carbonyl (C=O) groups is 2. The summed E-state index contributed by atoms with van der Waals surface area (Å²) in [6.45, 7) is 3.16. The van der Waals surface area contributed by atoms with E-state index in [4.69, 9.17) is 44.3 Å². The molecule has 44 heavy (non-hydrogen) atoms. The molecular weight excluding hydrogens is 617 g/mol. The van der Waals surface area contributed by atoms with E-state index in [0.29, 0.717) is 46.0 Å². The molecule has 0 saturated carbocycles. The van der Waals surface area contributed by atoms with Crippen LogP contribution in [0.25, 0.3) is 0 Å². The van der Waals surface area contributed by atoms with Crippen molar-refractivity contribution in [2.75, 3.05) is 13.2 Å². The Hall–Kier alpha value is -3.25. The number of nitrogens with zero attached hydrogens (tertiary/aromatic N) is 1. The second-order valence-electron chi connectivity index (χ2n) is 11.4. The minimum absolute atomic E-state index is 0.0951. The first-order valence-corrected chi connectivity index (χ1v) is 16.4. The Bertz CT molecular complexity index is 1620. The van der Waals surface area contributed by atoms with E-state index in [1.54, 1.807) is 12.1 Å². The van der Waals surface area contributed by atoms with Crippen LogP contribution in [0.5, 0.6) is 11.5 Å². The highest BCUT2D eigenvalue weighted by Crippen LogP contribution is 2.51. The molecule has 0 atom stereocenters. The van der Waals surface area contributed by atoms with Crippen molar-refractivity contribution in [3.63, 3.8) is 0 Å². The van der Waals surface area contributed by atoms with Gasteiger partial charge in [-0.1, -0.05) is 71.2 Å². The van der Waals surface area contributed by atoms with Gasteiger partial charge >= 0.3 is 0 Å². The minimum atomic E-state index is -0.495. The van der Waals surface area contributed by atoms with Crippen molar-refractivity contribution >= 4 is 46.4 Å². The van der Waals surface area contributed by atoms with Crippen LogP contribution in [0.4, 0.5) is 0 Å². The molecule has 1 heterocycles. The van der Waals surface area contributed by atoms with E-state index in [1.165, 1.54) is 5.56 Å². The third kappa shape index (κ3) is 6.15. The topological polar surface area (TPSA) is 55.8 Å². The van der Waals surface area contributed by atoms with Crippen molar-refractivity contribution in [2.45, 2.75) is 64.4 Å². The fraction of sp³-hybridized carbons (Fsp3) is 0.333. The first-order chi connectivity index (χ1) is 21.4. The Morgan fingerprint density at radius 2 is 1.48 bits per heavy atom. The van der Waals surface area contributed by atoms with Gasteiger partial charge in [-0.25, -0.2) is 0 Å². The fourth-order valence-electron chi connectivity index (χ4n) is 6.65. The first-order valence-electron chi connectivity index (χ1n) is 15.2. The zero-order valence-electron chi connectivity index (χ0n) is 24.6. The maximum Gasteiger partial charge on any atom is 0.180 e. The monoisotopic (exact) mass is 649 g/mol. The van der Waals surface area contributed by atoms with Gasteiger partial charge in [-0.3, -0.25) is 9.59 Å². The number of carbonyl (C=O) groups excluding carboxylic acids is 2. The van der Waals surface area contributed by atoms with Crippen molar-refractivity contribution < 1.29 is 19.1 Å². The lowest BCUT2D eigenvalue weighted by molar-refractivity contribution is -0.117. The second kappa shape index (κ2) is 13.4. The molecule has 0 amide bonds. The average molecular weight is 651 g/mol. The van der Waals surface area contributed by atoms with Crippen LogP contribution in [0.2, 0.25) is 15.1 Å². The number of hydrogen-bond donors (Lipinski definition) is 0. The van der Waals surface area contributed by atoms with Crippen molar-refractivity contribution in [2.24, 2.45) is 0 Å². The van der Waals surface area contributed by atoms with Gasteiger partial charge in [0.05, 0.1) is 11.6 Å². The summed E-state index contributed by atoms with van der Waals surface area (Å²) in [6.07, 6.45) is 4.95. The molecular formula is C36H34Cl3NO4. The van der Waals surface area contributed by atoms with Gasteiger partial charge in [0, 0.05) is 63.5 Å². The maximum atomic E-state index is 13.8. The Labute approximate surface area is 273 Å². The number of hydrogen-bond acceptors (Lipinski definition) is 5. The smallest absolute Gasteiger partial charge is 0.180 e. The van der Waals surface area contributed by atoms with Gasteiger partial charge in [0.25, 0.3) is 0 Å². The highest BCUT2D eigenvalue weighted by Gasteiger charge is 2.43. The zero-order chi connectivity index (χ0) is 30.8. The molecule has 0 fully saturated rings. The van der Waals surface area contributed by atoms with E-state index in [9.17, 15) is 9.59 Å².